The molecule has 0 spiro atoms. The maximum atomic E-state index is 14.6. The van der Waals surface area contributed by atoms with Crippen molar-refractivity contribution in [2.75, 3.05) is 10.8 Å². The number of halogens is 2. The Kier molecular flexibility index (Phi) is 9.67. The van der Waals surface area contributed by atoms with Crippen molar-refractivity contribution < 1.29 is 22.4 Å². The van der Waals surface area contributed by atoms with Gasteiger partial charge in [0.1, 0.15) is 18.4 Å². The van der Waals surface area contributed by atoms with Crippen LogP contribution >= 0.6 is 15.9 Å². The van der Waals surface area contributed by atoms with Crippen LogP contribution in [0.3, 0.4) is 0 Å². The molecule has 0 aliphatic carbocycles. The Bertz CT molecular complexity index is 1400. The summed E-state index contributed by atoms with van der Waals surface area (Å²) in [6.45, 7) is 6.15. The van der Waals surface area contributed by atoms with Gasteiger partial charge in [0, 0.05) is 22.6 Å². The first-order valence-corrected chi connectivity index (χ1v) is 14.3. The lowest BCUT2D eigenvalue weighted by molar-refractivity contribution is -0.139. The van der Waals surface area contributed by atoms with Gasteiger partial charge in [0.2, 0.25) is 11.8 Å². The summed E-state index contributed by atoms with van der Waals surface area (Å²) < 4.78 is 43.7. The predicted octanol–water partition coefficient (Wildman–Crippen LogP) is 5.03. The molecule has 38 heavy (non-hydrogen) atoms. The van der Waals surface area contributed by atoms with Gasteiger partial charge in [0.25, 0.3) is 10.0 Å². The molecule has 0 radical (unpaired) electrons. The molecule has 0 saturated heterocycles. The van der Waals surface area contributed by atoms with Crippen molar-refractivity contribution >= 4 is 43.5 Å². The van der Waals surface area contributed by atoms with Crippen LogP contribution in [0.5, 0.6) is 0 Å². The van der Waals surface area contributed by atoms with Crippen LogP contribution in [0.15, 0.2) is 82.2 Å². The van der Waals surface area contributed by atoms with Crippen molar-refractivity contribution in [3.05, 3.63) is 94.2 Å². The Balaban J connectivity index is 2.04. The number of amides is 2. The second-order valence-electron chi connectivity index (χ2n) is 9.26. The molecule has 1 N–H and O–H groups in total. The van der Waals surface area contributed by atoms with Crippen molar-refractivity contribution in [1.29, 1.82) is 0 Å². The molecule has 0 fully saturated rings. The normalized spacial score (nSPS) is 12.2. The number of carbonyl (C=O) groups is 2. The Morgan fingerprint density at radius 3 is 2.24 bits per heavy atom. The number of rotatable bonds is 10. The number of nitrogens with zero attached hydrogens (tertiary/aromatic N) is 2. The molecule has 10 heteroatoms. The minimum atomic E-state index is -4.17. The molecule has 0 heterocycles. The van der Waals surface area contributed by atoms with Crippen molar-refractivity contribution in [1.82, 2.24) is 10.2 Å². The Hall–Kier alpha value is -3.24. The van der Waals surface area contributed by atoms with Gasteiger partial charge in [0.15, 0.2) is 0 Å². The number of benzene rings is 3. The summed E-state index contributed by atoms with van der Waals surface area (Å²) in [6.07, 6.45) is 0. The number of carbonyl (C=O) groups excluding carboxylic acids is 2. The van der Waals surface area contributed by atoms with Gasteiger partial charge in [-0.15, -0.1) is 0 Å². The lowest BCUT2D eigenvalue weighted by Crippen LogP contribution is -2.52. The summed E-state index contributed by atoms with van der Waals surface area (Å²) in [5.41, 5.74) is 1.36. The highest BCUT2D eigenvalue weighted by Gasteiger charge is 2.33. The Morgan fingerprint density at radius 1 is 0.974 bits per heavy atom. The highest BCUT2D eigenvalue weighted by molar-refractivity contribution is 9.10. The topological polar surface area (TPSA) is 86.8 Å². The molecule has 3 aromatic carbocycles. The summed E-state index contributed by atoms with van der Waals surface area (Å²) in [6, 6.07) is 17.7. The molecule has 7 nitrogen and oxygen atoms in total. The first-order chi connectivity index (χ1) is 17.9. The molecule has 0 bridgehead atoms. The molecular weight excluding hydrogens is 573 g/mol. The number of anilines is 1. The first-order valence-electron chi connectivity index (χ1n) is 12.1. The van der Waals surface area contributed by atoms with E-state index < -0.39 is 40.2 Å². The van der Waals surface area contributed by atoms with Gasteiger partial charge in [-0.2, -0.15) is 0 Å². The van der Waals surface area contributed by atoms with Crippen molar-refractivity contribution in [3.8, 4) is 0 Å². The summed E-state index contributed by atoms with van der Waals surface area (Å²) >= 11 is 3.36. The molecule has 1 atom stereocenters. The highest BCUT2D eigenvalue weighted by Crippen LogP contribution is 2.27. The average Bonchev–Trinajstić information content (AvgIpc) is 2.86. The van der Waals surface area contributed by atoms with Gasteiger partial charge in [0.05, 0.1) is 10.6 Å². The van der Waals surface area contributed by atoms with Crippen LogP contribution < -0.4 is 9.62 Å². The summed E-state index contributed by atoms with van der Waals surface area (Å²) in [7, 11) is -4.17. The van der Waals surface area contributed by atoms with Gasteiger partial charge in [-0.3, -0.25) is 13.9 Å². The SMILES string of the molecule is Cc1ccc(S(=O)(=O)N(CC(=O)N(Cc2ccccc2F)[C@H](C)C(=O)NC(C)C)c2cccc(Br)c2)cc1. The van der Waals surface area contributed by atoms with Gasteiger partial charge < -0.3 is 10.2 Å². The largest absolute Gasteiger partial charge is 0.352 e. The van der Waals surface area contributed by atoms with Crippen molar-refractivity contribution in [3.63, 3.8) is 0 Å². The van der Waals surface area contributed by atoms with E-state index in [0.717, 1.165) is 9.87 Å². The van der Waals surface area contributed by atoms with E-state index >= 15 is 0 Å². The molecule has 0 saturated carbocycles. The monoisotopic (exact) mass is 603 g/mol. The van der Waals surface area contributed by atoms with Crippen LogP contribution in [-0.4, -0.2) is 43.8 Å². The maximum absolute atomic E-state index is 14.6. The molecule has 0 aliphatic heterocycles. The number of sulfonamides is 1. The lowest BCUT2D eigenvalue weighted by Gasteiger charge is -2.32. The van der Waals surface area contributed by atoms with E-state index in [1.165, 1.54) is 42.2 Å². The Morgan fingerprint density at radius 2 is 1.63 bits per heavy atom. The molecule has 202 valence electrons. The molecule has 0 unspecified atom stereocenters. The molecule has 3 rings (SSSR count). The minimum absolute atomic E-state index is 0.0159. The quantitative estimate of drug-likeness (QED) is 0.352. The molecule has 0 aliphatic rings. The van der Waals surface area contributed by atoms with Crippen LogP contribution in [0.25, 0.3) is 0 Å². The standard InChI is InChI=1S/C28H31BrFN3O4S/c1-19(2)31-28(35)21(4)32(17-22-8-5-6-11-26(22)30)27(34)18-33(24-10-7-9-23(29)16-24)38(36,37)25-14-12-20(3)13-15-25/h5-16,19,21H,17-18H2,1-4H3,(H,31,35)/t21-/m1/s1. The highest BCUT2D eigenvalue weighted by atomic mass is 79.9. The number of aryl methyl sites for hydroxylation is 1. The van der Waals surface area contributed by atoms with E-state index in [9.17, 15) is 22.4 Å². The van der Waals surface area contributed by atoms with E-state index in [4.69, 9.17) is 0 Å². The summed E-state index contributed by atoms with van der Waals surface area (Å²) in [5, 5.41) is 2.77. The third-order valence-electron chi connectivity index (χ3n) is 5.88. The summed E-state index contributed by atoms with van der Waals surface area (Å²) in [4.78, 5) is 27.9. The molecular formula is C28H31BrFN3O4S. The van der Waals surface area contributed by atoms with Crippen LogP contribution in [0.4, 0.5) is 10.1 Å². The molecule has 2 amide bonds. The van der Waals surface area contributed by atoms with Crippen LogP contribution in [0.1, 0.15) is 31.9 Å². The second-order valence-corrected chi connectivity index (χ2v) is 12.0. The zero-order valence-electron chi connectivity index (χ0n) is 21.7. The van der Waals surface area contributed by atoms with Crippen LogP contribution in [-0.2, 0) is 26.2 Å². The van der Waals surface area contributed by atoms with Crippen LogP contribution in [0, 0.1) is 12.7 Å². The first kappa shape index (κ1) is 29.3. The Labute approximate surface area is 231 Å². The average molecular weight is 605 g/mol. The van der Waals surface area contributed by atoms with Gasteiger partial charge >= 0.3 is 0 Å². The number of hydrogen-bond acceptors (Lipinski definition) is 4. The van der Waals surface area contributed by atoms with E-state index in [2.05, 4.69) is 21.2 Å². The van der Waals surface area contributed by atoms with E-state index in [1.807, 2.05) is 6.92 Å². The maximum Gasteiger partial charge on any atom is 0.264 e. The van der Waals surface area contributed by atoms with Crippen molar-refractivity contribution in [2.24, 2.45) is 0 Å². The van der Waals surface area contributed by atoms with Crippen LogP contribution in [0.2, 0.25) is 0 Å². The number of nitrogens with one attached hydrogen (secondary N) is 1. The van der Waals surface area contributed by atoms with E-state index in [-0.39, 0.29) is 28.7 Å². The fraction of sp³-hybridized carbons (Fsp3) is 0.286. The van der Waals surface area contributed by atoms with E-state index in [0.29, 0.717) is 4.47 Å². The fourth-order valence-corrected chi connectivity index (χ4v) is 5.59. The smallest absolute Gasteiger partial charge is 0.264 e. The summed E-state index contributed by atoms with van der Waals surface area (Å²) in [5.74, 6) is -1.62. The minimum Gasteiger partial charge on any atom is -0.352 e. The second kappa shape index (κ2) is 12.5. The van der Waals surface area contributed by atoms with Gasteiger partial charge in [-0.1, -0.05) is 57.9 Å². The van der Waals surface area contributed by atoms with Gasteiger partial charge in [-0.25, -0.2) is 12.8 Å². The molecule has 0 aromatic heterocycles. The third-order valence-corrected chi connectivity index (χ3v) is 8.16. The predicted molar refractivity (Wildman–Crippen MR) is 150 cm³/mol. The molecule has 3 aromatic rings. The van der Waals surface area contributed by atoms with Crippen molar-refractivity contribution in [2.45, 2.75) is 51.2 Å². The lowest BCUT2D eigenvalue weighted by atomic mass is 10.1. The fourth-order valence-electron chi connectivity index (χ4n) is 3.80. The number of hydrogen-bond donors (Lipinski definition) is 1. The zero-order chi connectivity index (χ0) is 28.0. The van der Waals surface area contributed by atoms with E-state index in [1.54, 1.807) is 56.3 Å². The van der Waals surface area contributed by atoms with Gasteiger partial charge in [-0.05, 0) is 64.1 Å². The third kappa shape index (κ3) is 7.20. The zero-order valence-corrected chi connectivity index (χ0v) is 24.1.